The summed E-state index contributed by atoms with van der Waals surface area (Å²) in [5.41, 5.74) is 4.44. The highest BCUT2D eigenvalue weighted by Gasteiger charge is 2.14. The van der Waals surface area contributed by atoms with Crippen LogP contribution in [-0.4, -0.2) is 10.9 Å². The third-order valence-electron chi connectivity index (χ3n) is 4.74. The molecule has 0 spiro atoms. The second kappa shape index (κ2) is 9.59. The summed E-state index contributed by atoms with van der Waals surface area (Å²) in [7, 11) is 0. The number of hydrogen-bond donors (Lipinski definition) is 0. The lowest BCUT2D eigenvalue weighted by Crippen LogP contribution is -2.27. The summed E-state index contributed by atoms with van der Waals surface area (Å²) in [5.74, 6) is 0.772. The van der Waals surface area contributed by atoms with Crippen LogP contribution >= 0.6 is 34.2 Å². The number of carbonyl (C=O) groups is 1. The lowest BCUT2D eigenvalue weighted by atomic mass is 10.1. The first-order valence-electron chi connectivity index (χ1n) is 9.21. The molecular formula is C23H21ClINO3. The standard InChI is InChI=1S/C23H21ClINO3/c1-15-3-8-22(16(2)11-15)29-14-21-19(24)12-20(25)23(28)26(21)10-9-17-4-6-18(13-27)7-5-17/h3-8,11-13H,9-10,14H2,1-2H3. The van der Waals surface area contributed by atoms with Gasteiger partial charge in [-0.1, -0.05) is 53.6 Å². The van der Waals surface area contributed by atoms with Crippen LogP contribution in [0.15, 0.2) is 53.3 Å². The van der Waals surface area contributed by atoms with E-state index in [0.29, 0.717) is 32.8 Å². The fraction of sp³-hybridized carbons (Fsp3) is 0.217. The minimum absolute atomic E-state index is 0.0845. The number of nitrogens with zero attached hydrogens (tertiary/aromatic N) is 1. The van der Waals surface area contributed by atoms with E-state index < -0.39 is 0 Å². The molecule has 0 saturated carbocycles. The number of benzene rings is 2. The van der Waals surface area contributed by atoms with Crippen LogP contribution in [-0.2, 0) is 19.6 Å². The highest BCUT2D eigenvalue weighted by atomic mass is 127. The van der Waals surface area contributed by atoms with Gasteiger partial charge in [-0.25, -0.2) is 0 Å². The molecule has 3 rings (SSSR count). The van der Waals surface area contributed by atoms with Crippen molar-refractivity contribution in [3.8, 4) is 5.75 Å². The molecule has 0 amide bonds. The molecule has 3 aromatic rings. The Morgan fingerprint density at radius 1 is 1.10 bits per heavy atom. The third kappa shape index (κ3) is 5.28. The van der Waals surface area contributed by atoms with Crippen molar-refractivity contribution in [1.29, 1.82) is 0 Å². The first kappa shape index (κ1) is 21.6. The zero-order chi connectivity index (χ0) is 21.0. The number of aromatic nitrogens is 1. The maximum Gasteiger partial charge on any atom is 0.264 e. The molecule has 0 bridgehead atoms. The molecule has 1 heterocycles. The van der Waals surface area contributed by atoms with Gasteiger partial charge in [0.05, 0.1) is 14.3 Å². The van der Waals surface area contributed by atoms with Crippen molar-refractivity contribution in [1.82, 2.24) is 4.57 Å². The summed E-state index contributed by atoms with van der Waals surface area (Å²) >= 11 is 8.48. The van der Waals surface area contributed by atoms with E-state index in [0.717, 1.165) is 23.2 Å². The molecule has 6 heteroatoms. The van der Waals surface area contributed by atoms with E-state index in [2.05, 4.69) is 6.07 Å². The highest BCUT2D eigenvalue weighted by molar-refractivity contribution is 14.1. The predicted molar refractivity (Wildman–Crippen MR) is 124 cm³/mol. The summed E-state index contributed by atoms with van der Waals surface area (Å²) in [6.45, 7) is 4.71. The molecule has 0 saturated heterocycles. The molecule has 150 valence electrons. The maximum absolute atomic E-state index is 12.8. The molecule has 0 aliphatic heterocycles. The molecule has 0 fully saturated rings. The van der Waals surface area contributed by atoms with E-state index >= 15 is 0 Å². The average Bonchev–Trinajstić information content (AvgIpc) is 2.70. The highest BCUT2D eigenvalue weighted by Crippen LogP contribution is 2.23. The first-order chi connectivity index (χ1) is 13.9. The van der Waals surface area contributed by atoms with E-state index in [1.165, 1.54) is 5.56 Å². The van der Waals surface area contributed by atoms with Crippen LogP contribution in [0.2, 0.25) is 5.02 Å². The summed E-state index contributed by atoms with van der Waals surface area (Å²) in [5, 5.41) is 0.509. The van der Waals surface area contributed by atoms with Crippen LogP contribution in [0.3, 0.4) is 0 Å². The zero-order valence-electron chi connectivity index (χ0n) is 16.2. The minimum atomic E-state index is -0.0845. The Kier molecular flexibility index (Phi) is 7.14. The second-order valence-corrected chi connectivity index (χ2v) is 8.48. The summed E-state index contributed by atoms with van der Waals surface area (Å²) in [6, 6.07) is 15.0. The largest absolute Gasteiger partial charge is 0.487 e. The van der Waals surface area contributed by atoms with Crippen LogP contribution in [0.25, 0.3) is 0 Å². The van der Waals surface area contributed by atoms with E-state index in [-0.39, 0.29) is 12.2 Å². The minimum Gasteiger partial charge on any atom is -0.487 e. The Morgan fingerprint density at radius 2 is 1.83 bits per heavy atom. The number of aldehydes is 1. The van der Waals surface area contributed by atoms with Gasteiger partial charge in [0, 0.05) is 12.1 Å². The maximum atomic E-state index is 12.8. The molecule has 4 nitrogen and oxygen atoms in total. The van der Waals surface area contributed by atoms with Crippen LogP contribution in [0.1, 0.15) is 32.7 Å². The van der Waals surface area contributed by atoms with E-state index in [1.807, 2.05) is 60.7 Å². The SMILES string of the molecule is Cc1ccc(OCc2c(Cl)cc(I)c(=O)n2CCc2ccc(C=O)cc2)c(C)c1. The van der Waals surface area contributed by atoms with Gasteiger partial charge in [-0.3, -0.25) is 9.59 Å². The molecular weight excluding hydrogens is 501 g/mol. The number of ether oxygens (including phenoxy) is 1. The van der Waals surface area contributed by atoms with Crippen molar-refractivity contribution >= 4 is 40.5 Å². The quantitative estimate of drug-likeness (QED) is 0.311. The number of rotatable bonds is 7. The Bertz CT molecular complexity index is 1090. The molecule has 0 atom stereocenters. The van der Waals surface area contributed by atoms with Gasteiger partial charge >= 0.3 is 0 Å². The Morgan fingerprint density at radius 3 is 2.48 bits per heavy atom. The van der Waals surface area contributed by atoms with Crippen molar-refractivity contribution in [3.05, 3.63) is 95.4 Å². The Labute approximate surface area is 188 Å². The number of halogens is 2. The van der Waals surface area contributed by atoms with E-state index in [9.17, 15) is 9.59 Å². The van der Waals surface area contributed by atoms with Gasteiger partial charge in [-0.15, -0.1) is 0 Å². The Balaban J connectivity index is 1.85. The predicted octanol–water partition coefficient (Wildman–Crippen LogP) is 5.36. The summed E-state index contributed by atoms with van der Waals surface area (Å²) in [6.07, 6.45) is 1.46. The lowest BCUT2D eigenvalue weighted by molar-refractivity contribution is 0.112. The fourth-order valence-electron chi connectivity index (χ4n) is 3.13. The fourth-order valence-corrected chi connectivity index (χ4v) is 4.18. The molecule has 1 aromatic heterocycles. The number of carbonyl (C=O) groups excluding carboxylic acids is 1. The van der Waals surface area contributed by atoms with Crippen LogP contribution in [0.5, 0.6) is 5.75 Å². The van der Waals surface area contributed by atoms with Crippen LogP contribution < -0.4 is 10.3 Å². The van der Waals surface area contributed by atoms with Gasteiger partial charge < -0.3 is 9.30 Å². The molecule has 29 heavy (non-hydrogen) atoms. The molecule has 0 aliphatic rings. The second-order valence-electron chi connectivity index (χ2n) is 6.91. The number of pyridine rings is 1. The summed E-state index contributed by atoms with van der Waals surface area (Å²) in [4.78, 5) is 23.6. The van der Waals surface area contributed by atoms with Gasteiger partial charge in [0.25, 0.3) is 5.56 Å². The third-order valence-corrected chi connectivity index (χ3v) is 5.84. The van der Waals surface area contributed by atoms with Crippen LogP contribution in [0.4, 0.5) is 0 Å². The molecule has 0 unspecified atom stereocenters. The first-order valence-corrected chi connectivity index (χ1v) is 10.7. The van der Waals surface area contributed by atoms with Crippen molar-refractivity contribution in [2.75, 3.05) is 0 Å². The van der Waals surface area contributed by atoms with Gasteiger partial charge in [0.2, 0.25) is 0 Å². The monoisotopic (exact) mass is 521 g/mol. The van der Waals surface area contributed by atoms with Gasteiger partial charge in [-0.2, -0.15) is 0 Å². The van der Waals surface area contributed by atoms with Crippen molar-refractivity contribution in [2.24, 2.45) is 0 Å². The number of aryl methyl sites for hydroxylation is 3. The van der Waals surface area contributed by atoms with Crippen LogP contribution in [0, 0.1) is 17.4 Å². The average molecular weight is 522 g/mol. The Hall–Kier alpha value is -2.12. The molecule has 2 aromatic carbocycles. The molecule has 0 aliphatic carbocycles. The van der Waals surface area contributed by atoms with Gasteiger partial charge in [0.1, 0.15) is 18.6 Å². The van der Waals surface area contributed by atoms with Crippen molar-refractivity contribution in [2.45, 2.75) is 33.4 Å². The lowest BCUT2D eigenvalue weighted by Gasteiger charge is -2.17. The zero-order valence-corrected chi connectivity index (χ0v) is 19.2. The smallest absolute Gasteiger partial charge is 0.264 e. The topological polar surface area (TPSA) is 48.3 Å². The van der Waals surface area contributed by atoms with E-state index in [1.54, 1.807) is 22.8 Å². The molecule has 0 radical (unpaired) electrons. The summed E-state index contributed by atoms with van der Waals surface area (Å²) < 4.78 is 8.24. The van der Waals surface area contributed by atoms with Crippen molar-refractivity contribution in [3.63, 3.8) is 0 Å². The normalized spacial score (nSPS) is 10.8. The van der Waals surface area contributed by atoms with Gasteiger partial charge in [-0.05, 0) is 66.1 Å². The number of hydrogen-bond acceptors (Lipinski definition) is 3. The van der Waals surface area contributed by atoms with E-state index in [4.69, 9.17) is 16.3 Å². The molecule has 0 N–H and O–H groups in total. The van der Waals surface area contributed by atoms with Gasteiger partial charge in [0.15, 0.2) is 0 Å². The van der Waals surface area contributed by atoms with Crippen molar-refractivity contribution < 1.29 is 9.53 Å².